The Morgan fingerprint density at radius 3 is 2.03 bits per heavy atom. The van der Waals surface area contributed by atoms with Crippen molar-refractivity contribution in [2.24, 2.45) is 29.1 Å². The molecule has 5 rings (SSSR count). The van der Waals surface area contributed by atoms with Crippen LogP contribution in [0.5, 0.6) is 0 Å². The molecular weight excluding hydrogens is 394 g/mol. The molecule has 4 saturated carbocycles. The van der Waals surface area contributed by atoms with E-state index in [1.54, 1.807) is 24.3 Å². The van der Waals surface area contributed by atoms with E-state index in [1.165, 1.54) is 26.4 Å². The minimum atomic E-state index is -0.658. The average Bonchev–Trinajstić information content (AvgIpc) is 2.74. The summed E-state index contributed by atoms with van der Waals surface area (Å²) in [5.41, 5.74) is 0.933. The van der Waals surface area contributed by atoms with Gasteiger partial charge in [0, 0.05) is 5.41 Å². The Hall–Kier alpha value is -2.37. The largest absolute Gasteiger partial charge is 0.465 e. The zero-order valence-corrected chi connectivity index (χ0v) is 18.7. The van der Waals surface area contributed by atoms with Gasteiger partial charge in [-0.25, -0.2) is 9.59 Å². The van der Waals surface area contributed by atoms with E-state index in [2.05, 4.69) is 5.32 Å². The minimum absolute atomic E-state index is 0.0460. The van der Waals surface area contributed by atoms with E-state index < -0.39 is 18.0 Å². The summed E-state index contributed by atoms with van der Waals surface area (Å²) < 4.78 is 10.2. The smallest absolute Gasteiger partial charge is 0.337 e. The van der Waals surface area contributed by atoms with Crippen LogP contribution in [0.3, 0.4) is 0 Å². The molecule has 4 aliphatic rings. The fraction of sp³-hybridized carbons (Fsp3) is 0.640. The molecule has 0 aromatic heterocycles. The van der Waals surface area contributed by atoms with Crippen molar-refractivity contribution in [3.63, 3.8) is 0 Å². The van der Waals surface area contributed by atoms with Gasteiger partial charge in [-0.2, -0.15) is 0 Å². The molecule has 168 valence electrons. The van der Waals surface area contributed by atoms with Crippen molar-refractivity contribution in [1.82, 2.24) is 5.32 Å². The van der Waals surface area contributed by atoms with E-state index >= 15 is 0 Å². The Labute approximate surface area is 184 Å². The van der Waals surface area contributed by atoms with Crippen molar-refractivity contribution < 1.29 is 23.9 Å². The summed E-state index contributed by atoms with van der Waals surface area (Å²) in [5.74, 6) is 1.19. The molecule has 4 aliphatic carbocycles. The molecular formula is C25H33NO5. The van der Waals surface area contributed by atoms with Gasteiger partial charge in [0.1, 0.15) is 12.6 Å². The number of ether oxygens (including phenoxy) is 2. The van der Waals surface area contributed by atoms with Crippen molar-refractivity contribution in [3.05, 3.63) is 35.4 Å². The van der Waals surface area contributed by atoms with E-state index in [1.807, 2.05) is 13.8 Å². The van der Waals surface area contributed by atoms with Crippen LogP contribution in [-0.2, 0) is 25.7 Å². The first-order valence-electron chi connectivity index (χ1n) is 11.4. The quantitative estimate of drug-likeness (QED) is 0.668. The maximum atomic E-state index is 13.4. The molecule has 31 heavy (non-hydrogen) atoms. The minimum Gasteiger partial charge on any atom is -0.465 e. The first-order chi connectivity index (χ1) is 14.8. The number of carbonyl (C=O) groups is 3. The standard InChI is InChI=1S/C25H33NO5/c1-15(2)21(23(28)31-14-16-4-6-20(7-5-16)22(27)30-3)26-24(29)25-11-17-8-18(12-25)10-19(9-17)13-25/h4-7,15,17-19,21H,8-14H2,1-3H3,(H,26,29)/t17?,18?,19?,21-,25?/m1/s1. The number of rotatable bonds is 7. The van der Waals surface area contributed by atoms with Gasteiger partial charge >= 0.3 is 11.9 Å². The van der Waals surface area contributed by atoms with Gasteiger partial charge in [-0.1, -0.05) is 26.0 Å². The number of nitrogens with one attached hydrogen (secondary N) is 1. The molecule has 4 bridgehead atoms. The summed E-state index contributed by atoms with van der Waals surface area (Å²) in [6.07, 6.45) is 6.73. The van der Waals surface area contributed by atoms with Crippen LogP contribution in [0.2, 0.25) is 0 Å². The van der Waals surface area contributed by atoms with E-state index in [0.717, 1.165) is 24.8 Å². The third-order valence-electron chi connectivity index (χ3n) is 7.48. The highest BCUT2D eigenvalue weighted by molar-refractivity contribution is 5.89. The lowest BCUT2D eigenvalue weighted by Gasteiger charge is -2.55. The second-order valence-electron chi connectivity index (χ2n) is 10.2. The molecule has 1 amide bonds. The van der Waals surface area contributed by atoms with E-state index in [9.17, 15) is 14.4 Å². The molecule has 1 atom stereocenters. The third-order valence-corrected chi connectivity index (χ3v) is 7.48. The highest BCUT2D eigenvalue weighted by atomic mass is 16.5. The topological polar surface area (TPSA) is 81.7 Å². The summed E-state index contributed by atoms with van der Waals surface area (Å²) >= 11 is 0. The summed E-state index contributed by atoms with van der Waals surface area (Å²) in [5, 5.41) is 3.07. The van der Waals surface area contributed by atoms with Crippen molar-refractivity contribution in [3.8, 4) is 0 Å². The highest BCUT2D eigenvalue weighted by Gasteiger charge is 2.55. The Bertz CT molecular complexity index is 809. The van der Waals surface area contributed by atoms with Crippen molar-refractivity contribution in [1.29, 1.82) is 0 Å². The molecule has 1 aromatic carbocycles. The summed E-state index contributed by atoms with van der Waals surface area (Å²) in [6, 6.07) is 6.10. The maximum Gasteiger partial charge on any atom is 0.337 e. The van der Waals surface area contributed by atoms with Gasteiger partial charge in [0.15, 0.2) is 0 Å². The van der Waals surface area contributed by atoms with Gasteiger partial charge in [-0.3, -0.25) is 4.79 Å². The molecule has 0 aliphatic heterocycles. The number of amides is 1. The van der Waals surface area contributed by atoms with Crippen LogP contribution >= 0.6 is 0 Å². The lowest BCUT2D eigenvalue weighted by molar-refractivity contribution is -0.156. The van der Waals surface area contributed by atoms with Gasteiger partial charge in [0.2, 0.25) is 5.91 Å². The van der Waals surface area contributed by atoms with Crippen LogP contribution in [0.15, 0.2) is 24.3 Å². The zero-order chi connectivity index (χ0) is 22.2. The predicted octanol–water partition coefficient (Wildman–Crippen LogP) is 3.87. The molecule has 0 saturated heterocycles. The molecule has 0 radical (unpaired) electrons. The van der Waals surface area contributed by atoms with Crippen LogP contribution in [-0.4, -0.2) is 31.0 Å². The molecule has 6 heteroatoms. The molecule has 1 N–H and O–H groups in total. The van der Waals surface area contributed by atoms with Gasteiger partial charge in [0.25, 0.3) is 0 Å². The fourth-order valence-electron chi connectivity index (χ4n) is 6.28. The summed E-state index contributed by atoms with van der Waals surface area (Å²) in [7, 11) is 1.34. The van der Waals surface area contributed by atoms with Crippen LogP contribution < -0.4 is 5.32 Å². The van der Waals surface area contributed by atoms with Crippen LogP contribution in [0.1, 0.15) is 68.3 Å². The molecule has 0 spiro atoms. The van der Waals surface area contributed by atoms with Crippen LogP contribution in [0.25, 0.3) is 0 Å². The lowest BCUT2D eigenvalue weighted by Crippen LogP contribution is -2.57. The molecule has 0 unspecified atom stereocenters. The van der Waals surface area contributed by atoms with Gasteiger partial charge in [-0.05, 0) is 79.9 Å². The lowest BCUT2D eigenvalue weighted by atomic mass is 9.49. The number of carbonyl (C=O) groups excluding carboxylic acids is 3. The number of benzene rings is 1. The Balaban J connectivity index is 1.37. The number of esters is 2. The number of hydrogen-bond donors (Lipinski definition) is 1. The first kappa shape index (κ1) is 21.8. The fourth-order valence-corrected chi connectivity index (χ4v) is 6.28. The van der Waals surface area contributed by atoms with E-state index in [0.29, 0.717) is 23.3 Å². The normalized spacial score (nSPS) is 29.5. The SMILES string of the molecule is COC(=O)c1ccc(COC(=O)[C@H](NC(=O)C23CC4CC(CC(C4)C2)C3)C(C)C)cc1. The average molecular weight is 428 g/mol. The number of hydrogen-bond acceptors (Lipinski definition) is 5. The van der Waals surface area contributed by atoms with Crippen LogP contribution in [0, 0.1) is 29.1 Å². The first-order valence-corrected chi connectivity index (χ1v) is 11.4. The Kier molecular flexibility index (Phi) is 6.09. The zero-order valence-electron chi connectivity index (χ0n) is 18.7. The van der Waals surface area contributed by atoms with Gasteiger partial charge < -0.3 is 14.8 Å². The van der Waals surface area contributed by atoms with Crippen molar-refractivity contribution in [2.75, 3.05) is 7.11 Å². The third kappa shape index (κ3) is 4.48. The molecule has 0 heterocycles. The molecule has 4 fully saturated rings. The molecule has 1 aromatic rings. The van der Waals surface area contributed by atoms with E-state index in [-0.39, 0.29) is 23.8 Å². The van der Waals surface area contributed by atoms with Gasteiger partial charge in [0.05, 0.1) is 12.7 Å². The summed E-state index contributed by atoms with van der Waals surface area (Å²) in [4.78, 5) is 37.7. The second-order valence-corrected chi connectivity index (χ2v) is 10.2. The Morgan fingerprint density at radius 2 is 1.55 bits per heavy atom. The Morgan fingerprint density at radius 1 is 1.00 bits per heavy atom. The van der Waals surface area contributed by atoms with E-state index in [4.69, 9.17) is 9.47 Å². The van der Waals surface area contributed by atoms with Gasteiger partial charge in [-0.15, -0.1) is 0 Å². The predicted molar refractivity (Wildman–Crippen MR) is 115 cm³/mol. The number of methoxy groups -OCH3 is 1. The maximum absolute atomic E-state index is 13.4. The van der Waals surface area contributed by atoms with Crippen molar-refractivity contribution in [2.45, 2.75) is 65.0 Å². The highest BCUT2D eigenvalue weighted by Crippen LogP contribution is 2.60. The molecule has 6 nitrogen and oxygen atoms in total. The summed E-state index contributed by atoms with van der Waals surface area (Å²) in [6.45, 7) is 3.95. The van der Waals surface area contributed by atoms with Crippen LogP contribution in [0.4, 0.5) is 0 Å². The monoisotopic (exact) mass is 427 g/mol. The second kappa shape index (κ2) is 8.64. The van der Waals surface area contributed by atoms with Crippen molar-refractivity contribution >= 4 is 17.8 Å².